The molecule has 0 unspecified atom stereocenters. The van der Waals surface area contributed by atoms with E-state index in [2.05, 4.69) is 0 Å². The van der Waals surface area contributed by atoms with Gasteiger partial charge < -0.3 is 79.8 Å². The first kappa shape index (κ1) is 42.8. The summed E-state index contributed by atoms with van der Waals surface area (Å²) in [5.41, 5.74) is 50.1. The average molecular weight is 432 g/mol. The van der Waals surface area contributed by atoms with E-state index < -0.39 is 0 Å². The summed E-state index contributed by atoms with van der Waals surface area (Å²) in [6.07, 6.45) is 0. The van der Waals surface area contributed by atoms with Gasteiger partial charge in [0, 0.05) is 0 Å². The van der Waals surface area contributed by atoms with Gasteiger partial charge in [0.1, 0.15) is 0 Å². The molecule has 0 atom stereocenters. The van der Waals surface area contributed by atoms with E-state index in [4.69, 9.17) is 45.9 Å². The second kappa shape index (κ2) is 72.5. The third-order valence-corrected chi connectivity index (χ3v) is 0.500. The maximum Gasteiger partial charge on any atom is 2.00 e. The maximum absolute atomic E-state index is 6.26. The molecule has 0 bridgehead atoms. The average Bonchev–Trinajstić information content (AvgIpc) is 2.39. The molecule has 0 aliphatic heterocycles. The van der Waals surface area contributed by atoms with Gasteiger partial charge in [-0.15, -0.1) is 0 Å². The molecule has 0 spiro atoms. The molecule has 0 aromatic rings. The largest absolute Gasteiger partial charge is 2.00 e. The molecule has 8 N–H and O–H groups in total. The summed E-state index contributed by atoms with van der Waals surface area (Å²) in [6, 6.07) is 0. The van der Waals surface area contributed by atoms with Gasteiger partial charge in [0.2, 0.25) is 0 Å². The molecule has 0 amide bonds. The van der Waals surface area contributed by atoms with Crippen LogP contribution in [-0.2, 0) is 0 Å². The van der Waals surface area contributed by atoms with Crippen molar-refractivity contribution in [3.63, 3.8) is 0 Å². The van der Waals surface area contributed by atoms with E-state index in [9.17, 15) is 0 Å². The van der Waals surface area contributed by atoms with Crippen LogP contribution in [0.3, 0.4) is 0 Å². The van der Waals surface area contributed by atoms with E-state index >= 15 is 0 Å². The fraction of sp³-hybridized carbons (Fsp3) is 1.00. The normalized spacial score (nSPS) is 6.32. The maximum atomic E-state index is 6.26. The van der Waals surface area contributed by atoms with Crippen LogP contribution in [-0.4, -0.2) is 90.1 Å². The Bertz CT molecular complexity index is 54.7. The van der Waals surface area contributed by atoms with Crippen molar-refractivity contribution >= 4 is 37.7 Å². The zero-order chi connectivity index (χ0) is 13.7. The summed E-state index contributed by atoms with van der Waals surface area (Å²) in [5, 5.41) is 0. The van der Waals surface area contributed by atoms with Crippen molar-refractivity contribution in [3.8, 4) is 0 Å². The van der Waals surface area contributed by atoms with E-state index in [1.165, 1.54) is 0 Å². The fourth-order valence-electron chi connectivity index (χ4n) is 0. The van der Waals surface area contributed by atoms with Crippen LogP contribution < -0.4 is 34.0 Å². The molecule has 0 fully saturated rings. The summed E-state index contributed by atoms with van der Waals surface area (Å²) in [6.45, 7) is 1.89. The number of hydrogen-bond donors (Lipinski definition) is 0. The van der Waals surface area contributed by atoms with Crippen molar-refractivity contribution in [2.45, 2.75) is 0 Å². The second-order valence-electron chi connectivity index (χ2n) is 2.00. The smallest absolute Gasteiger partial charge is 1.00 e. The molecule has 0 aromatic carbocycles. The van der Waals surface area contributed by atoms with E-state index in [1.807, 2.05) is 0 Å². The van der Waals surface area contributed by atoms with Crippen molar-refractivity contribution in [3.05, 3.63) is 45.9 Å². The molecule has 0 saturated carbocycles. The topological polar surface area (TPSA) is 190 Å². The Morgan fingerprint density at radius 1 is 0.316 bits per heavy atom. The minimum absolute atomic E-state index is 0. The Hall–Kier alpha value is 1.90. The molecule has 0 aliphatic carbocycles. The second-order valence-corrected chi connectivity index (χ2v) is 2.00. The van der Waals surface area contributed by atoms with Crippen LogP contribution in [0, 0.1) is 0 Å². The van der Waals surface area contributed by atoms with E-state index in [0.29, 0.717) is 0 Å². The Morgan fingerprint density at radius 3 is 0.368 bits per heavy atom. The standard InChI is InChI=1S/4C2H6N2.2BrH.Ca/c4*3-1-2-4;;;/h4*3-4H,1-2H2;2*1H;/q4*-2;;;+2/p-2. The van der Waals surface area contributed by atoms with Crippen molar-refractivity contribution < 1.29 is 34.0 Å². The third-order valence-electron chi connectivity index (χ3n) is 0.500. The van der Waals surface area contributed by atoms with Gasteiger partial charge in [-0.2, -0.15) is 52.4 Å². The first-order valence-electron chi connectivity index (χ1n) is 4.83. The predicted molar refractivity (Wildman–Crippen MR) is 79.3 cm³/mol. The number of hydrogen-bond acceptors (Lipinski definition) is 0. The van der Waals surface area contributed by atoms with Crippen LogP contribution in [0.25, 0.3) is 45.9 Å². The van der Waals surface area contributed by atoms with Crippen molar-refractivity contribution in [2.24, 2.45) is 0 Å². The molecule has 11 heteroatoms. The summed E-state index contributed by atoms with van der Waals surface area (Å²) in [7, 11) is 0. The van der Waals surface area contributed by atoms with Crippen LogP contribution >= 0.6 is 0 Å². The molecular weight excluding hydrogens is 408 g/mol. The Labute approximate surface area is 168 Å². The number of halogens is 2. The number of rotatable bonds is 4. The summed E-state index contributed by atoms with van der Waals surface area (Å²) >= 11 is 0. The van der Waals surface area contributed by atoms with Gasteiger partial charge in [-0.05, 0) is 0 Å². The molecule has 0 aliphatic rings. The van der Waals surface area contributed by atoms with Gasteiger partial charge in [-0.25, -0.2) is 0 Å². The Morgan fingerprint density at radius 2 is 0.368 bits per heavy atom. The predicted octanol–water partition coefficient (Wildman–Crippen LogP) is -2.01. The molecule has 0 rings (SSSR count). The van der Waals surface area contributed by atoms with Crippen LogP contribution in [0.4, 0.5) is 0 Å². The number of nitrogens with one attached hydrogen (secondary N) is 8. The van der Waals surface area contributed by atoms with Crippen LogP contribution in [0.1, 0.15) is 0 Å². The van der Waals surface area contributed by atoms with E-state index in [1.54, 1.807) is 0 Å². The molecule has 8 nitrogen and oxygen atoms in total. The van der Waals surface area contributed by atoms with Gasteiger partial charge in [0.15, 0.2) is 0 Å². The minimum atomic E-state index is 0. The molecule has 0 heterocycles. The van der Waals surface area contributed by atoms with E-state index in [0.717, 1.165) is 0 Å². The SMILES string of the molecule is [Br-].[Br-].[Ca+2].[NH-]CC[NH-].[NH-]CC[NH-].[NH-]CC[NH-].[NH-]CC[NH-]. The minimum Gasteiger partial charge on any atom is -1.00 e. The summed E-state index contributed by atoms with van der Waals surface area (Å²) < 4.78 is 0. The quantitative estimate of drug-likeness (QED) is 0.444. The van der Waals surface area contributed by atoms with Crippen LogP contribution in [0.15, 0.2) is 0 Å². The van der Waals surface area contributed by atoms with Gasteiger partial charge in [0.25, 0.3) is 0 Å². The van der Waals surface area contributed by atoms with Gasteiger partial charge >= 0.3 is 37.7 Å². The summed E-state index contributed by atoms with van der Waals surface area (Å²) in [4.78, 5) is 0. The van der Waals surface area contributed by atoms with Gasteiger partial charge in [-0.3, -0.25) is 0 Å². The van der Waals surface area contributed by atoms with Crippen LogP contribution in [0.2, 0.25) is 0 Å². The third kappa shape index (κ3) is 183. The van der Waals surface area contributed by atoms with Gasteiger partial charge in [0.05, 0.1) is 0 Å². The Balaban J connectivity index is -0.0000000192. The van der Waals surface area contributed by atoms with Gasteiger partial charge in [-0.1, -0.05) is 0 Å². The molecular formula is C8H24Br2CaN8-8. The van der Waals surface area contributed by atoms with Crippen molar-refractivity contribution in [1.29, 1.82) is 0 Å². The molecule has 19 heavy (non-hydrogen) atoms. The van der Waals surface area contributed by atoms with E-state index in [-0.39, 0.29) is 124 Å². The molecule has 0 radical (unpaired) electrons. The first-order valence-corrected chi connectivity index (χ1v) is 4.83. The molecule has 120 valence electrons. The molecule has 0 aromatic heterocycles. The summed E-state index contributed by atoms with van der Waals surface area (Å²) in [5.74, 6) is 0. The van der Waals surface area contributed by atoms with Crippen molar-refractivity contribution in [2.75, 3.05) is 52.4 Å². The monoisotopic (exact) mass is 430 g/mol. The van der Waals surface area contributed by atoms with Crippen molar-refractivity contribution in [1.82, 2.24) is 0 Å². The first-order chi connectivity index (χ1) is 7.66. The zero-order valence-electron chi connectivity index (χ0n) is 11.1. The Kier molecular flexibility index (Phi) is 164. The molecule has 0 saturated heterocycles. The zero-order valence-corrected chi connectivity index (χ0v) is 16.5. The van der Waals surface area contributed by atoms with Crippen LogP contribution in [0.5, 0.6) is 0 Å². The fourth-order valence-corrected chi connectivity index (χ4v) is 0.